The Bertz CT molecular complexity index is 1230. The summed E-state index contributed by atoms with van der Waals surface area (Å²) in [5.74, 6) is 0.00872. The van der Waals surface area contributed by atoms with Crippen LogP contribution in [0.2, 0.25) is 5.15 Å². The molecule has 0 amide bonds. The van der Waals surface area contributed by atoms with E-state index in [-0.39, 0.29) is 46.5 Å². The Hall–Kier alpha value is -1.81. The number of anilines is 1. The monoisotopic (exact) mass is 546 g/mol. The van der Waals surface area contributed by atoms with Crippen LogP contribution in [-0.2, 0) is 9.47 Å². The maximum absolute atomic E-state index is 15.2. The van der Waals surface area contributed by atoms with Gasteiger partial charge in [-0.3, -0.25) is 4.90 Å². The Morgan fingerprint density at radius 3 is 2.87 bits per heavy atom. The van der Waals surface area contributed by atoms with Gasteiger partial charge in [-0.2, -0.15) is 9.97 Å². The van der Waals surface area contributed by atoms with Gasteiger partial charge in [-0.25, -0.2) is 9.37 Å². The molecule has 7 rings (SSSR count). The van der Waals surface area contributed by atoms with Gasteiger partial charge in [0.1, 0.15) is 17.9 Å². The molecule has 0 bridgehead atoms. The molecular weight excluding hydrogens is 509 g/mol. The number of fused-ring (bicyclic) bond motifs is 2. The van der Waals surface area contributed by atoms with E-state index in [1.54, 1.807) is 6.20 Å². The summed E-state index contributed by atoms with van der Waals surface area (Å²) in [6, 6.07) is 0.164. The highest BCUT2D eigenvalue weighted by Crippen LogP contribution is 2.50. The van der Waals surface area contributed by atoms with Gasteiger partial charge in [0, 0.05) is 27.3 Å². The summed E-state index contributed by atoms with van der Waals surface area (Å²) in [4.78, 5) is 17.9. The largest absolute Gasteiger partial charge is 0.461 e. The number of ether oxygens (including phenoxy) is 3. The van der Waals surface area contributed by atoms with Crippen molar-refractivity contribution < 1.29 is 20.0 Å². The second-order valence-electron chi connectivity index (χ2n) is 12.0. The highest BCUT2D eigenvalue weighted by atomic mass is 35.5. The number of nitrogens with zero attached hydrogens (tertiary/aromatic N) is 5. The number of hydrogen-bond acceptors (Lipinski definition) is 8. The second-order valence-corrected chi connectivity index (χ2v) is 12.3. The van der Waals surface area contributed by atoms with Crippen molar-refractivity contribution in [2.24, 2.45) is 5.41 Å². The number of halogens is 2. The molecule has 4 aliphatic heterocycles. The number of pyridine rings is 1. The van der Waals surface area contributed by atoms with Crippen LogP contribution in [0.3, 0.4) is 0 Å². The molecule has 0 radical (unpaired) electrons. The molecule has 0 N–H and O–H groups in total. The predicted molar refractivity (Wildman–Crippen MR) is 142 cm³/mol. The first-order valence-corrected chi connectivity index (χ1v) is 14.7. The zero-order valence-electron chi connectivity index (χ0n) is 22.8. The fraction of sp³-hybridized carbons (Fsp3) is 0.750. The van der Waals surface area contributed by atoms with E-state index in [9.17, 15) is 0 Å². The molecular formula is C28H37ClFN5O3. The smallest absolute Gasteiger partial charge is 0.319 e. The van der Waals surface area contributed by atoms with Gasteiger partial charge in [-0.1, -0.05) is 11.6 Å². The zero-order chi connectivity index (χ0) is 26.6. The summed E-state index contributed by atoms with van der Waals surface area (Å²) >= 11 is 6.07. The van der Waals surface area contributed by atoms with Gasteiger partial charge in [0.05, 0.1) is 17.0 Å². The van der Waals surface area contributed by atoms with E-state index in [2.05, 4.69) is 19.8 Å². The molecule has 3 atom stereocenters. The van der Waals surface area contributed by atoms with Crippen LogP contribution < -0.4 is 9.64 Å². The third kappa shape index (κ3) is 4.53. The zero-order valence-corrected chi connectivity index (χ0v) is 22.6. The van der Waals surface area contributed by atoms with Crippen LogP contribution in [0, 0.1) is 11.2 Å². The minimum atomic E-state index is -0.647. The van der Waals surface area contributed by atoms with Gasteiger partial charge in [0.2, 0.25) is 0 Å². The van der Waals surface area contributed by atoms with E-state index in [1.807, 2.05) is 0 Å². The SMILES string of the molecule is [2H]C1CCC2(COc3nc(N4CCCC5(CC(OC6CCCCO6)C5)C4)c4cnc(Cl)c(F)c4n3)CCCN12. The lowest BCUT2D eigenvalue weighted by Gasteiger charge is -2.53. The highest BCUT2D eigenvalue weighted by Gasteiger charge is 2.49. The lowest BCUT2D eigenvalue weighted by molar-refractivity contribution is -0.223. The van der Waals surface area contributed by atoms with Crippen molar-refractivity contribution in [3.05, 3.63) is 17.2 Å². The van der Waals surface area contributed by atoms with Crippen LogP contribution in [0.15, 0.2) is 6.20 Å². The van der Waals surface area contributed by atoms with Crippen LogP contribution in [0.5, 0.6) is 6.01 Å². The molecule has 1 aliphatic carbocycles. The summed E-state index contributed by atoms with van der Waals surface area (Å²) in [6.45, 7) is 3.58. The maximum Gasteiger partial charge on any atom is 0.319 e. The van der Waals surface area contributed by atoms with Crippen molar-refractivity contribution in [2.75, 3.05) is 44.3 Å². The van der Waals surface area contributed by atoms with Crippen molar-refractivity contribution in [3.8, 4) is 6.01 Å². The molecule has 3 unspecified atom stereocenters. The number of hydrogen-bond donors (Lipinski definition) is 0. The van der Waals surface area contributed by atoms with Crippen LogP contribution in [-0.4, -0.2) is 77.2 Å². The van der Waals surface area contributed by atoms with Gasteiger partial charge in [0.15, 0.2) is 17.3 Å². The Kier molecular flexibility index (Phi) is 6.31. The van der Waals surface area contributed by atoms with E-state index in [0.717, 1.165) is 90.4 Å². The van der Waals surface area contributed by atoms with E-state index >= 15 is 4.39 Å². The van der Waals surface area contributed by atoms with Crippen LogP contribution in [0.4, 0.5) is 10.2 Å². The second kappa shape index (κ2) is 9.98. The average molecular weight is 547 g/mol. The summed E-state index contributed by atoms with van der Waals surface area (Å²) in [6.07, 6.45) is 13.0. The van der Waals surface area contributed by atoms with Gasteiger partial charge in [0.25, 0.3) is 0 Å². The van der Waals surface area contributed by atoms with Crippen molar-refractivity contribution >= 4 is 28.3 Å². The topological polar surface area (TPSA) is 72.8 Å². The molecule has 5 fully saturated rings. The summed E-state index contributed by atoms with van der Waals surface area (Å²) in [5, 5.41) is 0.349. The number of rotatable bonds is 6. The molecule has 0 aromatic carbocycles. The minimum absolute atomic E-state index is 0.0643. The van der Waals surface area contributed by atoms with Gasteiger partial charge in [-0.05, 0) is 89.1 Å². The first-order chi connectivity index (χ1) is 18.9. The molecule has 6 heterocycles. The van der Waals surface area contributed by atoms with Crippen molar-refractivity contribution in [1.82, 2.24) is 19.9 Å². The average Bonchev–Trinajstić information content (AvgIpc) is 3.49. The molecule has 2 aromatic heterocycles. The Morgan fingerprint density at radius 2 is 2.00 bits per heavy atom. The molecule has 8 nitrogen and oxygen atoms in total. The van der Waals surface area contributed by atoms with E-state index in [4.69, 9.17) is 32.2 Å². The number of piperidine rings is 1. The summed E-state index contributed by atoms with van der Waals surface area (Å²) < 4.78 is 41.9. The van der Waals surface area contributed by atoms with Gasteiger partial charge >= 0.3 is 6.01 Å². The molecule has 2 aromatic rings. The molecule has 10 heteroatoms. The van der Waals surface area contributed by atoms with E-state index in [1.165, 1.54) is 6.42 Å². The molecule has 1 spiro atoms. The maximum atomic E-state index is 15.2. The van der Waals surface area contributed by atoms with Crippen LogP contribution in [0.1, 0.15) is 72.0 Å². The van der Waals surface area contributed by atoms with Crippen molar-refractivity contribution in [1.29, 1.82) is 0 Å². The fourth-order valence-electron chi connectivity index (χ4n) is 7.49. The fourth-order valence-corrected chi connectivity index (χ4v) is 7.63. The van der Waals surface area contributed by atoms with Crippen molar-refractivity contribution in [3.63, 3.8) is 0 Å². The minimum Gasteiger partial charge on any atom is -0.461 e. The lowest BCUT2D eigenvalue weighted by atomic mass is 9.62. The van der Waals surface area contributed by atoms with Gasteiger partial charge in [-0.15, -0.1) is 0 Å². The standard InChI is InChI=1S/C28H37ClFN5O3/c29-24-22(30)23-20(16-31-24)25(33-26(32-23)37-18-28-8-4-11-35(28)12-5-9-28)34-10-3-7-27(17-34)14-19(15-27)38-21-6-1-2-13-36-21/h16,19,21H,1-15,17-18H2/i11D. The third-order valence-corrected chi connectivity index (χ3v) is 9.71. The molecule has 1 saturated carbocycles. The number of aromatic nitrogens is 3. The Labute approximate surface area is 229 Å². The quantitative estimate of drug-likeness (QED) is 0.462. The molecule has 206 valence electrons. The molecule has 5 aliphatic rings. The lowest BCUT2D eigenvalue weighted by Crippen LogP contribution is -2.54. The predicted octanol–water partition coefficient (Wildman–Crippen LogP) is 5.12. The highest BCUT2D eigenvalue weighted by molar-refractivity contribution is 6.30. The summed E-state index contributed by atoms with van der Waals surface area (Å²) in [5.41, 5.74) is 0.145. The van der Waals surface area contributed by atoms with Gasteiger partial charge < -0.3 is 19.1 Å². The molecule has 38 heavy (non-hydrogen) atoms. The van der Waals surface area contributed by atoms with Crippen molar-refractivity contribution in [2.45, 2.75) is 88.6 Å². The summed E-state index contributed by atoms with van der Waals surface area (Å²) in [7, 11) is 0. The van der Waals surface area contributed by atoms with Crippen LogP contribution in [0.25, 0.3) is 10.9 Å². The Balaban J connectivity index is 1.12. The third-order valence-electron chi connectivity index (χ3n) is 9.45. The normalized spacial score (nSPS) is 35.9. The first kappa shape index (κ1) is 24.0. The Morgan fingerprint density at radius 1 is 1.13 bits per heavy atom. The van der Waals surface area contributed by atoms with Crippen LogP contribution >= 0.6 is 11.6 Å². The van der Waals surface area contributed by atoms with E-state index in [0.29, 0.717) is 17.8 Å². The molecule has 4 saturated heterocycles. The first-order valence-electron chi connectivity index (χ1n) is 14.9. The van der Waals surface area contributed by atoms with E-state index < -0.39 is 5.82 Å².